The number of rotatable bonds is 9. The van der Waals surface area contributed by atoms with Crippen LogP contribution in [0.2, 0.25) is 0 Å². The van der Waals surface area contributed by atoms with Gasteiger partial charge in [0.2, 0.25) is 0 Å². The van der Waals surface area contributed by atoms with Gasteiger partial charge in [-0.3, -0.25) is 4.79 Å². The third-order valence-electron chi connectivity index (χ3n) is 16.2. The molecule has 0 aromatic carbocycles. The maximum Gasteiger partial charge on any atom is 0.307 e. The molecule has 4 aliphatic carbocycles. The number of hydrogen-bond acceptors (Lipinski definition) is 5. The lowest BCUT2D eigenvalue weighted by atomic mass is 9.34. The molecule has 1 aliphatic heterocycles. The second-order valence-electron chi connectivity index (χ2n) is 18.5. The zero-order chi connectivity index (χ0) is 33.5. The summed E-state index contributed by atoms with van der Waals surface area (Å²) in [5, 5.41) is 11.0. The fraction of sp³-hybridized carbons (Fsp3) is 0.923. The minimum absolute atomic E-state index is 0.0113. The van der Waals surface area contributed by atoms with Crippen LogP contribution in [0, 0.1) is 62.6 Å². The van der Waals surface area contributed by atoms with Crippen LogP contribution in [-0.4, -0.2) is 74.7 Å². The Balaban J connectivity index is 1.54. The number of carboxylic acid groups (broad SMARTS) is 1. The molecule has 6 nitrogen and oxygen atoms in total. The van der Waals surface area contributed by atoms with E-state index in [1.165, 1.54) is 0 Å². The van der Waals surface area contributed by atoms with E-state index in [1.54, 1.807) is 5.57 Å². The number of carbonyl (C=O) groups is 1. The lowest BCUT2D eigenvalue weighted by Crippen LogP contribution is -2.70. The first-order chi connectivity index (χ1) is 20.8. The van der Waals surface area contributed by atoms with Gasteiger partial charge in [-0.2, -0.15) is 0 Å². The minimum Gasteiger partial charge on any atom is -0.481 e. The predicted molar refractivity (Wildman–Crippen MR) is 181 cm³/mol. The molecule has 5 aliphatic rings. The zero-order valence-electron chi connectivity index (χ0n) is 31.1. The van der Waals surface area contributed by atoms with Crippen LogP contribution in [0.5, 0.6) is 0 Å². The molecule has 2 bridgehead atoms. The highest BCUT2D eigenvalue weighted by atomic mass is 16.5. The molecule has 5 rings (SSSR count). The lowest BCUT2D eigenvalue weighted by molar-refractivity contribution is -0.271. The van der Waals surface area contributed by atoms with Crippen molar-refractivity contribution in [3.05, 3.63) is 11.6 Å². The second-order valence-corrected chi connectivity index (χ2v) is 18.5. The van der Waals surface area contributed by atoms with Gasteiger partial charge in [-0.05, 0) is 105 Å². The van der Waals surface area contributed by atoms with Crippen LogP contribution in [0.3, 0.4) is 0 Å². The quantitative estimate of drug-likeness (QED) is 0.261. The summed E-state index contributed by atoms with van der Waals surface area (Å²) in [6.45, 7) is 25.3. The first kappa shape index (κ1) is 35.4. The van der Waals surface area contributed by atoms with E-state index >= 15 is 0 Å². The van der Waals surface area contributed by atoms with Crippen LogP contribution in [-0.2, 0) is 19.0 Å². The molecular weight excluding hydrogens is 562 g/mol. The Morgan fingerprint density at radius 1 is 1.07 bits per heavy atom. The fourth-order valence-electron chi connectivity index (χ4n) is 12.2. The normalized spacial score (nSPS) is 46.6. The number of aliphatic carboxylic acids is 1. The minimum atomic E-state index is -0.598. The summed E-state index contributed by atoms with van der Waals surface area (Å²) >= 11 is 0. The number of nitrogens with zero attached hydrogens (tertiary/aromatic N) is 1. The highest BCUT2D eigenvalue weighted by Crippen LogP contribution is 2.75. The maximum absolute atomic E-state index is 13.4. The van der Waals surface area contributed by atoms with Gasteiger partial charge in [0.05, 0.1) is 37.9 Å². The Morgan fingerprint density at radius 3 is 2.29 bits per heavy atom. The van der Waals surface area contributed by atoms with Crippen molar-refractivity contribution in [2.75, 3.05) is 41.0 Å². The molecular formula is C39H67NO5. The van der Waals surface area contributed by atoms with Crippen molar-refractivity contribution in [1.29, 1.82) is 0 Å². The summed E-state index contributed by atoms with van der Waals surface area (Å²) in [5.74, 6) is 1.09. The molecule has 0 aromatic heterocycles. The van der Waals surface area contributed by atoms with Crippen LogP contribution in [0.25, 0.3) is 0 Å². The molecule has 6 heteroatoms. The van der Waals surface area contributed by atoms with Crippen LogP contribution < -0.4 is 0 Å². The maximum atomic E-state index is 13.4. The Kier molecular flexibility index (Phi) is 9.11. The Hall–Kier alpha value is -0.950. The van der Waals surface area contributed by atoms with E-state index in [2.05, 4.69) is 94.3 Å². The van der Waals surface area contributed by atoms with E-state index in [1.807, 2.05) is 7.11 Å². The van der Waals surface area contributed by atoms with E-state index in [9.17, 15) is 9.90 Å². The third kappa shape index (κ3) is 4.79. The van der Waals surface area contributed by atoms with Gasteiger partial charge in [-0.1, -0.05) is 74.0 Å². The number of allylic oxidation sites excluding steroid dienone is 1. The molecule has 1 heterocycles. The van der Waals surface area contributed by atoms with E-state index in [0.29, 0.717) is 42.8 Å². The van der Waals surface area contributed by atoms with Crippen LogP contribution >= 0.6 is 0 Å². The van der Waals surface area contributed by atoms with Crippen LogP contribution in [0.1, 0.15) is 108 Å². The predicted octanol–water partition coefficient (Wildman–Crippen LogP) is 7.95. The van der Waals surface area contributed by atoms with Crippen molar-refractivity contribution >= 4 is 5.97 Å². The summed E-state index contributed by atoms with van der Waals surface area (Å²) in [6.07, 6.45) is 8.53. The number of ether oxygens (including phenoxy) is 3. The standard InChI is InChI=1S/C39H67NO5/c1-24(2)26(5)34(6)18-19-36(8)27-14-15-30-35(7)21-44-23-39(30,28(27)16-17-37(36,9)31(34)33(41)42)20-29(43-13)32(35)45-22-38(10,25(3)4)40(11)12/h16,24-27,29-32H,14-15,17-23H2,1-13H3,(H,41,42)/t26-,27+,29-,30+,31-,32+,34-,35+,36-,37+,38+,39+/m1/s1. The molecule has 0 radical (unpaired) electrons. The number of hydrogen-bond donors (Lipinski definition) is 1. The average molecular weight is 630 g/mol. The summed E-state index contributed by atoms with van der Waals surface area (Å²) in [5.41, 5.74) is 0.629. The third-order valence-corrected chi connectivity index (χ3v) is 16.2. The van der Waals surface area contributed by atoms with Gasteiger partial charge in [0.25, 0.3) is 0 Å². The van der Waals surface area contributed by atoms with Gasteiger partial charge in [0, 0.05) is 23.5 Å². The van der Waals surface area contributed by atoms with Crippen molar-refractivity contribution < 1.29 is 24.1 Å². The van der Waals surface area contributed by atoms with Gasteiger partial charge in [0.1, 0.15) is 0 Å². The van der Waals surface area contributed by atoms with Gasteiger partial charge in [0.15, 0.2) is 0 Å². The number of methoxy groups -OCH3 is 1. The smallest absolute Gasteiger partial charge is 0.307 e. The first-order valence-corrected chi connectivity index (χ1v) is 18.1. The van der Waals surface area contributed by atoms with Gasteiger partial charge >= 0.3 is 5.97 Å². The van der Waals surface area contributed by atoms with Gasteiger partial charge in [-0.15, -0.1) is 0 Å². The van der Waals surface area contributed by atoms with E-state index in [-0.39, 0.29) is 50.7 Å². The number of carboxylic acids is 1. The van der Waals surface area contributed by atoms with Crippen LogP contribution in [0.4, 0.5) is 0 Å². The zero-order valence-corrected chi connectivity index (χ0v) is 31.1. The van der Waals surface area contributed by atoms with Crippen molar-refractivity contribution in [2.24, 2.45) is 62.6 Å². The monoisotopic (exact) mass is 630 g/mol. The van der Waals surface area contributed by atoms with E-state index < -0.39 is 5.97 Å². The van der Waals surface area contributed by atoms with E-state index in [4.69, 9.17) is 14.2 Å². The molecule has 0 aromatic rings. The summed E-state index contributed by atoms with van der Waals surface area (Å²) in [6, 6.07) is 0. The summed E-state index contributed by atoms with van der Waals surface area (Å²) in [4.78, 5) is 15.7. The Labute approximate surface area is 275 Å². The first-order valence-electron chi connectivity index (χ1n) is 18.1. The Bertz CT molecular complexity index is 1160. The lowest BCUT2D eigenvalue weighted by Gasteiger charge is -2.71. The molecule has 3 saturated carbocycles. The average Bonchev–Trinajstić information content (AvgIpc) is 2.95. The highest BCUT2D eigenvalue weighted by Gasteiger charge is 2.71. The fourth-order valence-corrected chi connectivity index (χ4v) is 12.2. The number of likely N-dealkylation sites (N-methyl/N-ethyl adjacent to an activating group) is 1. The van der Waals surface area contributed by atoms with Gasteiger partial charge in [-0.25, -0.2) is 0 Å². The Morgan fingerprint density at radius 2 is 1.73 bits per heavy atom. The van der Waals surface area contributed by atoms with E-state index in [0.717, 1.165) is 45.1 Å². The summed E-state index contributed by atoms with van der Waals surface area (Å²) in [7, 11) is 6.19. The number of fused-ring (bicyclic) bond motifs is 3. The molecule has 12 atom stereocenters. The molecule has 4 fully saturated rings. The van der Waals surface area contributed by atoms with Crippen molar-refractivity contribution in [1.82, 2.24) is 4.90 Å². The van der Waals surface area contributed by atoms with Crippen molar-refractivity contribution in [2.45, 2.75) is 126 Å². The largest absolute Gasteiger partial charge is 0.481 e. The van der Waals surface area contributed by atoms with Crippen molar-refractivity contribution in [3.63, 3.8) is 0 Å². The SMILES string of the molecule is CO[C@@H]1C[C@@]23COC[C@@](C)([C@@H]2CC[C@H]2C3=CC[C@@]3(C)[C@H](C(=O)O)[C@@](C)([C@H](C)C(C)C)CC[C@]23C)[C@H]1OC[C@@](C)(C(C)C)N(C)C. The topological polar surface area (TPSA) is 68.2 Å². The molecule has 1 N–H and O–H groups in total. The molecule has 0 amide bonds. The highest BCUT2D eigenvalue weighted by molar-refractivity contribution is 5.73. The molecule has 258 valence electrons. The van der Waals surface area contributed by atoms with Gasteiger partial charge < -0.3 is 24.2 Å². The molecule has 0 spiro atoms. The molecule has 0 unspecified atom stereocenters. The van der Waals surface area contributed by atoms with Crippen molar-refractivity contribution in [3.8, 4) is 0 Å². The van der Waals surface area contributed by atoms with Crippen LogP contribution in [0.15, 0.2) is 11.6 Å². The second kappa shape index (κ2) is 11.6. The summed E-state index contributed by atoms with van der Waals surface area (Å²) < 4.78 is 20.1. The molecule has 1 saturated heterocycles. The molecule has 45 heavy (non-hydrogen) atoms.